The lowest BCUT2D eigenvalue weighted by Crippen LogP contribution is -2.53. The number of rotatable bonds is 1. The quantitative estimate of drug-likeness (QED) is 0.744. The highest BCUT2D eigenvalue weighted by Crippen LogP contribution is 2.41. The minimum Gasteiger partial charge on any atom is -0.272 e. The molecule has 128 valence electrons. The molecule has 24 heavy (non-hydrogen) atoms. The molecule has 1 aromatic carbocycles. The lowest BCUT2D eigenvalue weighted by molar-refractivity contribution is -0.158. The van der Waals surface area contributed by atoms with E-state index >= 15 is 0 Å². The summed E-state index contributed by atoms with van der Waals surface area (Å²) in [6.45, 7) is 7.55. The van der Waals surface area contributed by atoms with Crippen molar-refractivity contribution in [1.82, 2.24) is 10.0 Å². The van der Waals surface area contributed by atoms with Gasteiger partial charge in [-0.1, -0.05) is 30.5 Å². The average molecular weight is 326 g/mol. The lowest BCUT2D eigenvalue weighted by Gasteiger charge is -2.44. The van der Waals surface area contributed by atoms with Crippen molar-refractivity contribution in [3.8, 4) is 0 Å². The summed E-state index contributed by atoms with van der Waals surface area (Å²) in [5.41, 5.74) is 4.21. The van der Waals surface area contributed by atoms with Crippen LogP contribution in [0.15, 0.2) is 12.1 Å². The Labute approximate surface area is 143 Å². The minimum absolute atomic E-state index is 0.0147. The molecule has 2 saturated heterocycles. The van der Waals surface area contributed by atoms with Crippen molar-refractivity contribution in [2.45, 2.75) is 52.4 Å². The van der Waals surface area contributed by atoms with Crippen molar-refractivity contribution in [3.63, 3.8) is 0 Å². The number of hydrogen-bond acceptors (Lipinski definition) is 2. The second kappa shape index (κ2) is 5.61. The summed E-state index contributed by atoms with van der Waals surface area (Å²) in [7, 11) is 0. The molecule has 0 bridgehead atoms. The fourth-order valence-corrected chi connectivity index (χ4v) is 5.12. The van der Waals surface area contributed by atoms with Crippen LogP contribution in [-0.2, 0) is 9.59 Å². The molecule has 2 atom stereocenters. The number of nitrogens with zero attached hydrogens (tertiary/aromatic N) is 2. The van der Waals surface area contributed by atoms with Crippen LogP contribution in [-0.4, -0.2) is 34.9 Å². The monoisotopic (exact) mass is 326 g/mol. The Morgan fingerprint density at radius 1 is 0.833 bits per heavy atom. The average Bonchev–Trinajstić information content (AvgIpc) is 2.77. The molecule has 3 fully saturated rings. The SMILES string of the molecule is Cc1cc(C)c(C2C(=O)N3C[C@H]4CCCC[C@@H]4CN3C2=O)c(C)c1. The lowest BCUT2D eigenvalue weighted by atomic mass is 9.78. The van der Waals surface area contributed by atoms with Crippen LogP contribution in [0.4, 0.5) is 0 Å². The summed E-state index contributed by atoms with van der Waals surface area (Å²) in [6.07, 6.45) is 4.92. The number of amides is 2. The summed E-state index contributed by atoms with van der Waals surface area (Å²) in [4.78, 5) is 26.2. The van der Waals surface area contributed by atoms with E-state index in [1.54, 1.807) is 10.0 Å². The Morgan fingerprint density at radius 2 is 1.29 bits per heavy atom. The second-order valence-electron chi connectivity index (χ2n) is 7.89. The zero-order valence-electron chi connectivity index (χ0n) is 14.8. The van der Waals surface area contributed by atoms with Crippen LogP contribution < -0.4 is 0 Å². The third-order valence-electron chi connectivity index (χ3n) is 6.20. The molecule has 2 amide bonds. The highest BCUT2D eigenvalue weighted by molar-refractivity contribution is 6.10. The van der Waals surface area contributed by atoms with Crippen molar-refractivity contribution in [3.05, 3.63) is 34.4 Å². The molecule has 1 saturated carbocycles. The van der Waals surface area contributed by atoms with E-state index in [1.165, 1.54) is 31.2 Å². The Balaban J connectivity index is 1.70. The van der Waals surface area contributed by atoms with Gasteiger partial charge in [0.2, 0.25) is 0 Å². The normalized spacial score (nSPS) is 27.5. The van der Waals surface area contributed by atoms with E-state index in [1.807, 2.05) is 13.8 Å². The van der Waals surface area contributed by atoms with E-state index in [4.69, 9.17) is 0 Å². The Kier molecular flexibility index (Phi) is 3.66. The van der Waals surface area contributed by atoms with Gasteiger partial charge in [-0.05, 0) is 62.1 Å². The van der Waals surface area contributed by atoms with Crippen LogP contribution in [0.25, 0.3) is 0 Å². The number of carbonyl (C=O) groups excluding carboxylic acids is 2. The van der Waals surface area contributed by atoms with Crippen LogP contribution in [0.5, 0.6) is 0 Å². The minimum atomic E-state index is -0.634. The van der Waals surface area contributed by atoms with Gasteiger partial charge in [-0.25, -0.2) is 0 Å². The van der Waals surface area contributed by atoms with Gasteiger partial charge in [-0.15, -0.1) is 0 Å². The molecular weight excluding hydrogens is 300 g/mol. The van der Waals surface area contributed by atoms with E-state index in [-0.39, 0.29) is 11.8 Å². The van der Waals surface area contributed by atoms with Crippen LogP contribution in [0.2, 0.25) is 0 Å². The van der Waals surface area contributed by atoms with Crippen LogP contribution in [0, 0.1) is 32.6 Å². The molecular formula is C20H26N2O2. The van der Waals surface area contributed by atoms with Crippen molar-refractivity contribution in [2.24, 2.45) is 11.8 Å². The molecule has 0 unspecified atom stereocenters. The highest BCUT2D eigenvalue weighted by Gasteiger charge is 2.51. The zero-order valence-corrected chi connectivity index (χ0v) is 14.8. The third kappa shape index (κ3) is 2.27. The van der Waals surface area contributed by atoms with Gasteiger partial charge in [0, 0.05) is 13.1 Å². The summed E-state index contributed by atoms with van der Waals surface area (Å²) in [6, 6.07) is 4.16. The van der Waals surface area contributed by atoms with Crippen LogP contribution >= 0.6 is 0 Å². The van der Waals surface area contributed by atoms with Gasteiger partial charge in [0.25, 0.3) is 11.8 Å². The van der Waals surface area contributed by atoms with Crippen molar-refractivity contribution in [2.75, 3.05) is 13.1 Å². The number of fused-ring (bicyclic) bond motifs is 2. The van der Waals surface area contributed by atoms with Crippen LogP contribution in [0.1, 0.15) is 53.9 Å². The fourth-order valence-electron chi connectivity index (χ4n) is 5.12. The predicted octanol–water partition coefficient (Wildman–Crippen LogP) is 3.10. The number of benzene rings is 1. The Morgan fingerprint density at radius 3 is 1.75 bits per heavy atom. The van der Waals surface area contributed by atoms with E-state index in [0.717, 1.165) is 29.8 Å². The van der Waals surface area contributed by atoms with Crippen molar-refractivity contribution >= 4 is 11.8 Å². The van der Waals surface area contributed by atoms with E-state index in [0.29, 0.717) is 11.8 Å². The van der Waals surface area contributed by atoms with Gasteiger partial charge in [0.1, 0.15) is 5.92 Å². The van der Waals surface area contributed by atoms with Gasteiger partial charge >= 0.3 is 0 Å². The summed E-state index contributed by atoms with van der Waals surface area (Å²) in [5.74, 6) is 0.486. The van der Waals surface area contributed by atoms with Crippen molar-refractivity contribution in [1.29, 1.82) is 0 Å². The third-order valence-corrected chi connectivity index (χ3v) is 6.20. The first-order chi connectivity index (χ1) is 11.5. The molecule has 1 aliphatic carbocycles. The number of hydrogen-bond donors (Lipinski definition) is 0. The molecule has 0 radical (unpaired) electrons. The summed E-state index contributed by atoms with van der Waals surface area (Å²) < 4.78 is 0. The summed E-state index contributed by atoms with van der Waals surface area (Å²) in [5, 5.41) is 3.52. The van der Waals surface area contributed by atoms with Gasteiger partial charge in [-0.2, -0.15) is 0 Å². The first-order valence-electron chi connectivity index (χ1n) is 9.17. The van der Waals surface area contributed by atoms with E-state index in [9.17, 15) is 9.59 Å². The maximum Gasteiger partial charge on any atom is 0.258 e. The highest BCUT2D eigenvalue weighted by atomic mass is 16.2. The number of hydrazine groups is 1. The first-order valence-corrected chi connectivity index (χ1v) is 9.17. The molecule has 4 rings (SSSR count). The molecule has 4 heteroatoms. The molecule has 0 aromatic heterocycles. The Bertz CT molecular complexity index is 657. The smallest absolute Gasteiger partial charge is 0.258 e. The molecule has 1 aromatic rings. The summed E-state index contributed by atoms with van der Waals surface area (Å²) >= 11 is 0. The largest absolute Gasteiger partial charge is 0.272 e. The maximum absolute atomic E-state index is 13.1. The molecule has 3 aliphatic rings. The Hall–Kier alpha value is -1.84. The standard InChI is InChI=1S/C20H26N2O2/c1-12-8-13(2)17(14(3)9-12)18-19(23)21-10-15-6-4-5-7-16(15)11-22(21)20(18)24/h8-9,15-16,18H,4-7,10-11H2,1-3H3/t15-,16-/m1/s1. The first kappa shape index (κ1) is 15.7. The van der Waals surface area contributed by atoms with Gasteiger partial charge in [-0.3, -0.25) is 19.6 Å². The van der Waals surface area contributed by atoms with E-state index in [2.05, 4.69) is 19.1 Å². The molecule has 0 spiro atoms. The molecule has 2 aliphatic heterocycles. The predicted molar refractivity (Wildman–Crippen MR) is 92.3 cm³/mol. The van der Waals surface area contributed by atoms with Gasteiger partial charge in [0.05, 0.1) is 0 Å². The molecule has 0 N–H and O–H groups in total. The molecule has 2 heterocycles. The zero-order chi connectivity index (χ0) is 17.0. The van der Waals surface area contributed by atoms with Crippen molar-refractivity contribution < 1.29 is 9.59 Å². The van der Waals surface area contributed by atoms with Gasteiger partial charge < -0.3 is 0 Å². The number of carbonyl (C=O) groups is 2. The topological polar surface area (TPSA) is 40.6 Å². The molecule has 4 nitrogen and oxygen atoms in total. The van der Waals surface area contributed by atoms with Gasteiger partial charge in [0.15, 0.2) is 0 Å². The fraction of sp³-hybridized carbons (Fsp3) is 0.600. The van der Waals surface area contributed by atoms with E-state index < -0.39 is 5.92 Å². The second-order valence-corrected chi connectivity index (χ2v) is 7.89. The van der Waals surface area contributed by atoms with Crippen LogP contribution in [0.3, 0.4) is 0 Å². The number of aryl methyl sites for hydroxylation is 3. The maximum atomic E-state index is 13.1.